The molecular weight excluding hydrogens is 276 g/mol. The third-order valence-corrected chi connectivity index (χ3v) is 3.47. The van der Waals surface area contributed by atoms with Crippen LogP contribution in [0, 0.1) is 0 Å². The maximum atomic E-state index is 11.9. The number of halogens is 1. The minimum Gasteiger partial charge on any atom is -0.465 e. The molecule has 0 fully saturated rings. The third-order valence-electron chi connectivity index (χ3n) is 2.79. The van der Waals surface area contributed by atoms with Crippen molar-refractivity contribution < 1.29 is 9.90 Å². The van der Waals surface area contributed by atoms with Crippen molar-refractivity contribution in [1.29, 1.82) is 0 Å². The molecule has 0 atom stereocenters. The van der Waals surface area contributed by atoms with Crippen molar-refractivity contribution in [2.24, 2.45) is 7.05 Å². The minimum atomic E-state index is -0.979. The Balaban J connectivity index is 2.52. The van der Waals surface area contributed by atoms with Crippen molar-refractivity contribution in [3.63, 3.8) is 0 Å². The molecule has 6 heteroatoms. The van der Waals surface area contributed by atoms with Crippen LogP contribution in [0.1, 0.15) is 11.1 Å². The summed E-state index contributed by atoms with van der Waals surface area (Å²) in [5, 5.41) is 8.90. The number of carboxylic acid groups (broad SMARTS) is 1. The molecule has 0 unspecified atom stereocenters. The van der Waals surface area contributed by atoms with Crippen LogP contribution in [0.15, 0.2) is 15.5 Å². The van der Waals surface area contributed by atoms with Gasteiger partial charge < -0.3 is 14.6 Å². The van der Waals surface area contributed by atoms with Gasteiger partial charge in [0.25, 0.3) is 5.56 Å². The number of fused-ring (bicyclic) bond motifs is 1. The number of amides is 1. The van der Waals surface area contributed by atoms with E-state index in [1.165, 1.54) is 9.47 Å². The zero-order valence-corrected chi connectivity index (χ0v) is 10.3. The zero-order chi connectivity index (χ0) is 11.9. The molecule has 0 aliphatic carbocycles. The normalized spacial score (nSPS) is 14.8. The number of aromatic nitrogens is 1. The molecule has 5 nitrogen and oxygen atoms in total. The van der Waals surface area contributed by atoms with E-state index in [9.17, 15) is 9.59 Å². The Hall–Kier alpha value is -1.30. The second-order valence-corrected chi connectivity index (χ2v) is 4.66. The van der Waals surface area contributed by atoms with Crippen molar-refractivity contribution in [2.45, 2.75) is 13.0 Å². The van der Waals surface area contributed by atoms with E-state index in [2.05, 4.69) is 15.9 Å². The second kappa shape index (κ2) is 3.93. The highest BCUT2D eigenvalue weighted by Gasteiger charge is 2.24. The van der Waals surface area contributed by atoms with Gasteiger partial charge in [-0.05, 0) is 27.9 Å². The van der Waals surface area contributed by atoms with E-state index in [1.54, 1.807) is 13.2 Å². The first-order chi connectivity index (χ1) is 7.50. The molecule has 0 saturated heterocycles. The summed E-state index contributed by atoms with van der Waals surface area (Å²) in [6.07, 6.45) is 1.32. The monoisotopic (exact) mass is 286 g/mol. The molecular formula is C10H11BrN2O3. The van der Waals surface area contributed by atoms with Crippen LogP contribution in [0.25, 0.3) is 0 Å². The Morgan fingerprint density at radius 3 is 2.81 bits per heavy atom. The summed E-state index contributed by atoms with van der Waals surface area (Å²) in [5.41, 5.74) is 1.38. The van der Waals surface area contributed by atoms with Crippen molar-refractivity contribution >= 4 is 22.0 Å². The van der Waals surface area contributed by atoms with Crippen LogP contribution >= 0.6 is 15.9 Å². The summed E-state index contributed by atoms with van der Waals surface area (Å²) < 4.78 is 2.34. The summed E-state index contributed by atoms with van der Waals surface area (Å²) in [6.45, 7) is 0.616. The van der Waals surface area contributed by atoms with E-state index in [4.69, 9.17) is 5.11 Å². The summed E-state index contributed by atoms with van der Waals surface area (Å²) in [6, 6.07) is 0. The van der Waals surface area contributed by atoms with Crippen molar-refractivity contribution in [1.82, 2.24) is 9.47 Å². The number of carbonyl (C=O) groups is 1. The van der Waals surface area contributed by atoms with Crippen LogP contribution in [-0.4, -0.2) is 27.2 Å². The van der Waals surface area contributed by atoms with Crippen molar-refractivity contribution in [3.05, 3.63) is 32.2 Å². The van der Waals surface area contributed by atoms with Gasteiger partial charge in [0.15, 0.2) is 0 Å². The summed E-state index contributed by atoms with van der Waals surface area (Å²) in [5.74, 6) is 0. The number of pyridine rings is 1. The van der Waals surface area contributed by atoms with Gasteiger partial charge in [0.2, 0.25) is 0 Å². The molecule has 16 heavy (non-hydrogen) atoms. The quantitative estimate of drug-likeness (QED) is 0.779. The SMILES string of the molecule is Cn1cc(Br)c2c(c1=O)CN(C(=O)O)CC2. The third kappa shape index (κ3) is 1.73. The topological polar surface area (TPSA) is 62.5 Å². The van der Waals surface area contributed by atoms with E-state index in [0.29, 0.717) is 18.5 Å². The van der Waals surface area contributed by atoms with Gasteiger partial charge in [-0.3, -0.25) is 4.79 Å². The van der Waals surface area contributed by atoms with Crippen molar-refractivity contribution in [3.8, 4) is 0 Å². The Morgan fingerprint density at radius 1 is 1.50 bits per heavy atom. The van der Waals surface area contributed by atoms with E-state index in [1.807, 2.05) is 0 Å². The van der Waals surface area contributed by atoms with Crippen molar-refractivity contribution in [2.75, 3.05) is 6.54 Å². The molecule has 2 heterocycles. The van der Waals surface area contributed by atoms with Gasteiger partial charge in [-0.15, -0.1) is 0 Å². The molecule has 0 saturated carbocycles. The molecule has 0 radical (unpaired) electrons. The highest BCUT2D eigenvalue weighted by atomic mass is 79.9. The fourth-order valence-electron chi connectivity index (χ4n) is 1.91. The molecule has 86 valence electrons. The fourth-order valence-corrected chi connectivity index (χ4v) is 2.65. The van der Waals surface area contributed by atoms with E-state index in [0.717, 1.165) is 10.0 Å². The molecule has 1 aliphatic rings. The number of rotatable bonds is 0. The van der Waals surface area contributed by atoms with Crippen LogP contribution in [0.4, 0.5) is 4.79 Å². The lowest BCUT2D eigenvalue weighted by Gasteiger charge is -2.26. The Morgan fingerprint density at radius 2 is 2.19 bits per heavy atom. The highest BCUT2D eigenvalue weighted by molar-refractivity contribution is 9.10. The maximum Gasteiger partial charge on any atom is 0.407 e. The molecule has 0 bridgehead atoms. The molecule has 1 aromatic heterocycles. The highest BCUT2D eigenvalue weighted by Crippen LogP contribution is 2.23. The predicted molar refractivity (Wildman–Crippen MR) is 61.5 cm³/mol. The predicted octanol–water partition coefficient (Wildman–Crippen LogP) is 1.18. The van der Waals surface area contributed by atoms with Crippen LogP contribution in [0.2, 0.25) is 0 Å². The number of hydrogen-bond donors (Lipinski definition) is 1. The Kier molecular flexibility index (Phi) is 2.75. The van der Waals surface area contributed by atoms with E-state index >= 15 is 0 Å². The average Bonchev–Trinajstić information content (AvgIpc) is 2.25. The lowest BCUT2D eigenvalue weighted by Crippen LogP contribution is -2.39. The minimum absolute atomic E-state index is 0.121. The average molecular weight is 287 g/mol. The lowest BCUT2D eigenvalue weighted by molar-refractivity contribution is 0.139. The fraction of sp³-hybridized carbons (Fsp3) is 0.400. The first kappa shape index (κ1) is 11.2. The first-order valence-corrected chi connectivity index (χ1v) is 5.64. The molecule has 0 spiro atoms. The standard InChI is InChI=1S/C10H11BrN2O3/c1-12-5-8(11)6-2-3-13(10(15)16)4-7(6)9(12)14/h5H,2-4H2,1H3,(H,15,16). The lowest BCUT2D eigenvalue weighted by atomic mass is 10.0. The Bertz CT molecular complexity index is 510. The van der Waals surface area contributed by atoms with E-state index in [-0.39, 0.29) is 12.1 Å². The van der Waals surface area contributed by atoms with Gasteiger partial charge in [0.05, 0.1) is 6.54 Å². The molecule has 0 aromatic carbocycles. The molecule has 1 aliphatic heterocycles. The zero-order valence-electron chi connectivity index (χ0n) is 8.73. The summed E-state index contributed by atoms with van der Waals surface area (Å²) in [4.78, 5) is 24.0. The van der Waals surface area contributed by atoms with Gasteiger partial charge in [0.1, 0.15) is 0 Å². The van der Waals surface area contributed by atoms with Gasteiger partial charge in [0, 0.05) is 29.8 Å². The number of nitrogens with zero attached hydrogens (tertiary/aromatic N) is 2. The molecule has 1 aromatic rings. The van der Waals surface area contributed by atoms with Crippen LogP contribution in [0.5, 0.6) is 0 Å². The summed E-state index contributed by atoms with van der Waals surface area (Å²) >= 11 is 3.40. The van der Waals surface area contributed by atoms with Gasteiger partial charge in [-0.2, -0.15) is 0 Å². The van der Waals surface area contributed by atoms with Crippen LogP contribution in [-0.2, 0) is 20.0 Å². The molecule has 1 N–H and O–H groups in total. The molecule has 2 rings (SSSR count). The second-order valence-electron chi connectivity index (χ2n) is 3.80. The van der Waals surface area contributed by atoms with E-state index < -0.39 is 6.09 Å². The van der Waals surface area contributed by atoms with Crippen LogP contribution < -0.4 is 5.56 Å². The smallest absolute Gasteiger partial charge is 0.407 e. The number of aryl methyl sites for hydroxylation is 1. The maximum absolute atomic E-state index is 11.9. The van der Waals surface area contributed by atoms with Gasteiger partial charge in [-0.25, -0.2) is 4.79 Å². The number of hydrogen-bond acceptors (Lipinski definition) is 2. The van der Waals surface area contributed by atoms with Gasteiger partial charge >= 0.3 is 6.09 Å². The van der Waals surface area contributed by atoms with Gasteiger partial charge in [-0.1, -0.05) is 0 Å². The van der Waals surface area contributed by atoms with Crippen LogP contribution in [0.3, 0.4) is 0 Å². The molecule has 1 amide bonds. The summed E-state index contributed by atoms with van der Waals surface area (Å²) in [7, 11) is 1.66. The Labute approximate surface area is 100 Å². The largest absolute Gasteiger partial charge is 0.465 e. The first-order valence-electron chi connectivity index (χ1n) is 4.85.